The summed E-state index contributed by atoms with van der Waals surface area (Å²) in [4.78, 5) is 8.99. The Bertz CT molecular complexity index is 613. The fraction of sp³-hybridized carbons (Fsp3) is 0.375. The van der Waals surface area contributed by atoms with Gasteiger partial charge in [0.2, 0.25) is 0 Å². The highest BCUT2D eigenvalue weighted by Crippen LogP contribution is 2.28. The molecule has 0 spiro atoms. The normalized spacial score (nSPS) is 11.5. The van der Waals surface area contributed by atoms with Crippen LogP contribution in [0.3, 0.4) is 0 Å². The van der Waals surface area contributed by atoms with Crippen molar-refractivity contribution < 1.29 is 0 Å². The SMILES string of the molecule is Cc1ccc(Nc2nc(C(C)(C)C)nc(Cl)c2C)cc1. The highest BCUT2D eigenvalue weighted by Gasteiger charge is 2.20. The van der Waals surface area contributed by atoms with Gasteiger partial charge in [0, 0.05) is 16.7 Å². The zero-order valence-electron chi connectivity index (χ0n) is 12.6. The van der Waals surface area contributed by atoms with Crippen LogP contribution in [0.2, 0.25) is 5.15 Å². The molecule has 0 amide bonds. The summed E-state index contributed by atoms with van der Waals surface area (Å²) in [5.41, 5.74) is 2.94. The molecule has 0 atom stereocenters. The topological polar surface area (TPSA) is 37.8 Å². The number of aryl methyl sites for hydroxylation is 1. The molecule has 1 N–H and O–H groups in total. The first-order valence-electron chi connectivity index (χ1n) is 6.65. The minimum Gasteiger partial charge on any atom is -0.340 e. The molecule has 0 saturated heterocycles. The molecular weight excluding hydrogens is 270 g/mol. The molecular formula is C16H20ClN3. The number of nitrogens with one attached hydrogen (secondary N) is 1. The van der Waals surface area contributed by atoms with Gasteiger partial charge in [0.25, 0.3) is 0 Å². The van der Waals surface area contributed by atoms with Gasteiger partial charge in [-0.05, 0) is 26.0 Å². The van der Waals surface area contributed by atoms with E-state index in [2.05, 4.69) is 55.1 Å². The lowest BCUT2D eigenvalue weighted by atomic mass is 9.95. The molecule has 106 valence electrons. The first-order valence-corrected chi connectivity index (χ1v) is 7.03. The summed E-state index contributed by atoms with van der Waals surface area (Å²) in [6, 6.07) is 8.18. The molecule has 3 nitrogen and oxygen atoms in total. The van der Waals surface area contributed by atoms with E-state index in [1.807, 2.05) is 19.1 Å². The van der Waals surface area contributed by atoms with Gasteiger partial charge in [0.1, 0.15) is 16.8 Å². The van der Waals surface area contributed by atoms with Crippen LogP contribution in [0.4, 0.5) is 11.5 Å². The van der Waals surface area contributed by atoms with E-state index < -0.39 is 0 Å². The van der Waals surface area contributed by atoms with E-state index in [0.29, 0.717) is 5.15 Å². The van der Waals surface area contributed by atoms with Crippen molar-refractivity contribution in [2.24, 2.45) is 0 Å². The Morgan fingerprint density at radius 2 is 1.60 bits per heavy atom. The highest BCUT2D eigenvalue weighted by atomic mass is 35.5. The van der Waals surface area contributed by atoms with E-state index in [1.165, 1.54) is 5.56 Å². The first-order chi connectivity index (χ1) is 9.27. The molecule has 1 heterocycles. The van der Waals surface area contributed by atoms with Crippen molar-refractivity contribution in [2.45, 2.75) is 40.0 Å². The van der Waals surface area contributed by atoms with Crippen molar-refractivity contribution in [1.82, 2.24) is 9.97 Å². The third kappa shape index (κ3) is 3.28. The predicted octanol–water partition coefficient (Wildman–Crippen LogP) is 4.79. The summed E-state index contributed by atoms with van der Waals surface area (Å²) in [5.74, 6) is 1.50. The van der Waals surface area contributed by atoms with Crippen LogP contribution in [0.15, 0.2) is 24.3 Å². The molecule has 0 fully saturated rings. The van der Waals surface area contributed by atoms with Crippen LogP contribution >= 0.6 is 11.6 Å². The van der Waals surface area contributed by atoms with Crippen molar-refractivity contribution in [3.63, 3.8) is 0 Å². The van der Waals surface area contributed by atoms with E-state index in [0.717, 1.165) is 22.9 Å². The maximum absolute atomic E-state index is 6.23. The Labute approximate surface area is 125 Å². The Morgan fingerprint density at radius 3 is 2.15 bits per heavy atom. The summed E-state index contributed by atoms with van der Waals surface area (Å²) < 4.78 is 0. The van der Waals surface area contributed by atoms with Crippen molar-refractivity contribution >= 4 is 23.1 Å². The van der Waals surface area contributed by atoms with Crippen LogP contribution in [0.5, 0.6) is 0 Å². The third-order valence-corrected chi connectivity index (χ3v) is 3.44. The van der Waals surface area contributed by atoms with Gasteiger partial charge in [-0.15, -0.1) is 0 Å². The third-order valence-electron chi connectivity index (χ3n) is 3.07. The number of aromatic nitrogens is 2. The minimum atomic E-state index is -0.138. The van der Waals surface area contributed by atoms with Crippen LogP contribution in [-0.2, 0) is 5.41 Å². The molecule has 0 radical (unpaired) electrons. The highest BCUT2D eigenvalue weighted by molar-refractivity contribution is 6.30. The zero-order valence-corrected chi connectivity index (χ0v) is 13.3. The van der Waals surface area contributed by atoms with Crippen molar-refractivity contribution in [3.8, 4) is 0 Å². The van der Waals surface area contributed by atoms with Gasteiger partial charge in [-0.1, -0.05) is 50.1 Å². The average Bonchev–Trinajstić information content (AvgIpc) is 2.36. The second-order valence-corrected chi connectivity index (χ2v) is 6.41. The maximum atomic E-state index is 6.23. The van der Waals surface area contributed by atoms with Gasteiger partial charge in [-0.3, -0.25) is 0 Å². The number of hydrogen-bond donors (Lipinski definition) is 1. The van der Waals surface area contributed by atoms with E-state index >= 15 is 0 Å². The Hall–Kier alpha value is -1.61. The van der Waals surface area contributed by atoms with E-state index in [4.69, 9.17) is 11.6 Å². The fourth-order valence-corrected chi connectivity index (χ4v) is 1.89. The van der Waals surface area contributed by atoms with Crippen LogP contribution in [0.25, 0.3) is 0 Å². The molecule has 0 aliphatic rings. The second kappa shape index (κ2) is 5.41. The van der Waals surface area contributed by atoms with Gasteiger partial charge in [-0.2, -0.15) is 0 Å². The summed E-state index contributed by atoms with van der Waals surface area (Å²) >= 11 is 6.23. The number of rotatable bonds is 2. The summed E-state index contributed by atoms with van der Waals surface area (Å²) in [6.45, 7) is 10.2. The lowest BCUT2D eigenvalue weighted by Gasteiger charge is -2.19. The maximum Gasteiger partial charge on any atom is 0.138 e. The molecule has 0 saturated carbocycles. The van der Waals surface area contributed by atoms with Crippen molar-refractivity contribution in [2.75, 3.05) is 5.32 Å². The number of halogens is 1. The Morgan fingerprint density at radius 1 is 1.00 bits per heavy atom. The Balaban J connectivity index is 2.40. The molecule has 0 aliphatic heterocycles. The predicted molar refractivity (Wildman–Crippen MR) is 84.9 cm³/mol. The van der Waals surface area contributed by atoms with E-state index in [9.17, 15) is 0 Å². The smallest absolute Gasteiger partial charge is 0.138 e. The van der Waals surface area contributed by atoms with Crippen LogP contribution in [0, 0.1) is 13.8 Å². The monoisotopic (exact) mass is 289 g/mol. The summed E-state index contributed by atoms with van der Waals surface area (Å²) in [5, 5.41) is 3.82. The van der Waals surface area contributed by atoms with Gasteiger partial charge in [0.05, 0.1) is 0 Å². The molecule has 2 rings (SSSR count). The molecule has 0 aliphatic carbocycles. The number of nitrogens with zero attached hydrogens (tertiary/aromatic N) is 2. The standard InChI is InChI=1S/C16H20ClN3/c1-10-6-8-12(9-7-10)18-14-11(2)13(17)19-15(20-14)16(3,4)5/h6-9H,1-5H3,(H,18,19,20). The van der Waals surface area contributed by atoms with Crippen molar-refractivity contribution in [3.05, 3.63) is 46.4 Å². The van der Waals surface area contributed by atoms with Crippen LogP contribution < -0.4 is 5.32 Å². The van der Waals surface area contributed by atoms with E-state index in [-0.39, 0.29) is 5.41 Å². The van der Waals surface area contributed by atoms with Crippen LogP contribution in [-0.4, -0.2) is 9.97 Å². The Kier molecular flexibility index (Phi) is 4.00. The quantitative estimate of drug-likeness (QED) is 0.808. The molecule has 2 aromatic rings. The van der Waals surface area contributed by atoms with Gasteiger partial charge in [-0.25, -0.2) is 9.97 Å². The molecule has 0 bridgehead atoms. The summed E-state index contributed by atoms with van der Waals surface area (Å²) in [7, 11) is 0. The number of anilines is 2. The largest absolute Gasteiger partial charge is 0.340 e. The molecule has 1 aromatic carbocycles. The van der Waals surface area contributed by atoms with Crippen LogP contribution in [0.1, 0.15) is 37.7 Å². The lowest BCUT2D eigenvalue weighted by molar-refractivity contribution is 0.545. The van der Waals surface area contributed by atoms with Gasteiger partial charge >= 0.3 is 0 Å². The fourth-order valence-electron chi connectivity index (χ4n) is 1.72. The molecule has 20 heavy (non-hydrogen) atoms. The minimum absolute atomic E-state index is 0.138. The average molecular weight is 290 g/mol. The first kappa shape index (κ1) is 14.8. The number of benzene rings is 1. The van der Waals surface area contributed by atoms with E-state index in [1.54, 1.807) is 0 Å². The van der Waals surface area contributed by atoms with Gasteiger partial charge in [0.15, 0.2) is 0 Å². The summed E-state index contributed by atoms with van der Waals surface area (Å²) in [6.07, 6.45) is 0. The van der Waals surface area contributed by atoms with Crippen molar-refractivity contribution in [1.29, 1.82) is 0 Å². The number of hydrogen-bond acceptors (Lipinski definition) is 3. The van der Waals surface area contributed by atoms with Gasteiger partial charge < -0.3 is 5.32 Å². The zero-order chi connectivity index (χ0) is 14.9. The molecule has 1 aromatic heterocycles. The molecule has 0 unspecified atom stereocenters. The lowest BCUT2D eigenvalue weighted by Crippen LogP contribution is -2.17. The second-order valence-electron chi connectivity index (χ2n) is 6.05. The molecule has 4 heteroatoms.